The molecule has 0 spiro atoms. The van der Waals surface area contributed by atoms with Crippen molar-refractivity contribution in [2.24, 2.45) is 0 Å². The molecule has 4 aromatic rings. The molecule has 0 fully saturated rings. The average Bonchev–Trinajstić information content (AvgIpc) is 3.38. The molecule has 8 heteroatoms. The minimum absolute atomic E-state index is 0.293. The van der Waals surface area contributed by atoms with E-state index in [1.54, 1.807) is 16.7 Å². The molecule has 0 saturated heterocycles. The molecular weight excluding hydrogens is 392 g/mol. The molecule has 3 aromatic heterocycles. The number of fused-ring (bicyclic) bond motifs is 1. The summed E-state index contributed by atoms with van der Waals surface area (Å²) >= 11 is 0. The van der Waals surface area contributed by atoms with Gasteiger partial charge in [-0.1, -0.05) is 6.07 Å². The van der Waals surface area contributed by atoms with E-state index in [4.69, 9.17) is 0 Å². The normalized spacial score (nSPS) is 16.1. The first-order valence-electron chi connectivity index (χ1n) is 9.95. The summed E-state index contributed by atoms with van der Waals surface area (Å²) in [6.45, 7) is 2.13. The summed E-state index contributed by atoms with van der Waals surface area (Å²) in [5.74, 6) is -0.888. The lowest BCUT2D eigenvalue weighted by atomic mass is 9.97. The molecule has 6 rings (SSSR count). The number of nitrogens with zero attached hydrogens (tertiary/aromatic N) is 4. The van der Waals surface area contributed by atoms with E-state index in [0.717, 1.165) is 29.6 Å². The molecule has 31 heavy (non-hydrogen) atoms. The SMILES string of the molecule is N#Cc1cc2c3c(c1)c(C1=C(c4cnc5ccccn45)C(=O)NC1=O)cn3CCNC2. The molecule has 0 atom stereocenters. The number of aromatic nitrogens is 3. The zero-order valence-electron chi connectivity index (χ0n) is 16.3. The van der Waals surface area contributed by atoms with Crippen LogP contribution in [0.25, 0.3) is 27.7 Å². The Kier molecular flexibility index (Phi) is 3.63. The number of hydrogen-bond acceptors (Lipinski definition) is 5. The Labute approximate surface area is 176 Å². The largest absolute Gasteiger partial charge is 0.345 e. The molecule has 2 N–H and O–H groups in total. The first kappa shape index (κ1) is 17.6. The maximum atomic E-state index is 13.0. The van der Waals surface area contributed by atoms with Crippen LogP contribution in [0.4, 0.5) is 0 Å². The highest BCUT2D eigenvalue weighted by Gasteiger charge is 2.35. The predicted octanol–water partition coefficient (Wildman–Crippen LogP) is 1.83. The van der Waals surface area contributed by atoms with E-state index in [-0.39, 0.29) is 0 Å². The standard InChI is InChI=1S/C23H16N6O2/c24-9-13-7-14-10-25-4-6-28-12-16(15(8-13)21(14)28)19-20(23(31)27-22(19)30)17-11-26-18-3-1-2-5-29(17)18/h1-3,5,7-8,11-12,25H,4,6,10H2,(H,27,30,31). The van der Waals surface area contributed by atoms with E-state index in [1.807, 2.05) is 36.7 Å². The number of carbonyl (C=O) groups excluding carboxylic acids is 2. The summed E-state index contributed by atoms with van der Waals surface area (Å²) in [5, 5.41) is 16.2. The quantitative estimate of drug-likeness (QED) is 0.493. The molecule has 0 saturated carbocycles. The lowest BCUT2D eigenvalue weighted by Crippen LogP contribution is -2.23. The van der Waals surface area contributed by atoms with Crippen LogP contribution in [-0.2, 0) is 22.7 Å². The van der Waals surface area contributed by atoms with Crippen LogP contribution in [0, 0.1) is 11.3 Å². The first-order valence-corrected chi connectivity index (χ1v) is 9.95. The molecule has 1 aromatic carbocycles. The second-order valence-corrected chi connectivity index (χ2v) is 7.66. The van der Waals surface area contributed by atoms with Gasteiger partial charge in [-0.3, -0.25) is 19.3 Å². The van der Waals surface area contributed by atoms with E-state index >= 15 is 0 Å². The molecule has 8 nitrogen and oxygen atoms in total. The number of nitrogens with one attached hydrogen (secondary N) is 2. The third kappa shape index (κ3) is 2.47. The number of amides is 2. The number of pyridine rings is 1. The topological polar surface area (TPSA) is 104 Å². The van der Waals surface area contributed by atoms with Crippen LogP contribution in [0.1, 0.15) is 22.4 Å². The Morgan fingerprint density at radius 3 is 2.87 bits per heavy atom. The Morgan fingerprint density at radius 2 is 2.00 bits per heavy atom. The zero-order chi connectivity index (χ0) is 21.1. The van der Waals surface area contributed by atoms with Gasteiger partial charge in [-0.25, -0.2) is 4.98 Å². The molecule has 5 heterocycles. The van der Waals surface area contributed by atoms with Gasteiger partial charge in [0.05, 0.1) is 40.2 Å². The Hall–Kier alpha value is -4.22. The minimum Gasteiger partial charge on any atom is -0.345 e. The van der Waals surface area contributed by atoms with Crippen LogP contribution in [0.5, 0.6) is 0 Å². The monoisotopic (exact) mass is 408 g/mol. The molecule has 2 amide bonds. The van der Waals surface area contributed by atoms with Crippen molar-refractivity contribution in [3.63, 3.8) is 0 Å². The maximum absolute atomic E-state index is 13.0. The number of carbonyl (C=O) groups is 2. The predicted molar refractivity (Wildman–Crippen MR) is 114 cm³/mol. The van der Waals surface area contributed by atoms with Crippen molar-refractivity contribution in [3.05, 3.63) is 71.3 Å². The smallest absolute Gasteiger partial charge is 0.261 e. The van der Waals surface area contributed by atoms with E-state index < -0.39 is 11.8 Å². The van der Waals surface area contributed by atoms with Crippen molar-refractivity contribution in [1.82, 2.24) is 24.6 Å². The lowest BCUT2D eigenvalue weighted by Gasteiger charge is -2.06. The first-order chi connectivity index (χ1) is 15.2. The van der Waals surface area contributed by atoms with Crippen LogP contribution >= 0.6 is 0 Å². The van der Waals surface area contributed by atoms with Crippen molar-refractivity contribution in [1.29, 1.82) is 5.26 Å². The van der Waals surface area contributed by atoms with E-state index in [9.17, 15) is 14.9 Å². The summed E-state index contributed by atoms with van der Waals surface area (Å²) in [5.41, 5.74) is 5.01. The van der Waals surface area contributed by atoms with Crippen molar-refractivity contribution in [2.75, 3.05) is 6.54 Å². The van der Waals surface area contributed by atoms with Crippen LogP contribution in [0.3, 0.4) is 0 Å². The summed E-state index contributed by atoms with van der Waals surface area (Å²) in [6, 6.07) is 11.4. The number of imide groups is 1. The van der Waals surface area contributed by atoms with Crippen LogP contribution < -0.4 is 10.6 Å². The summed E-state index contributed by atoms with van der Waals surface area (Å²) in [7, 11) is 0. The summed E-state index contributed by atoms with van der Waals surface area (Å²) in [6.07, 6.45) is 5.35. The third-order valence-corrected chi connectivity index (χ3v) is 5.90. The molecular formula is C23H16N6O2. The third-order valence-electron chi connectivity index (χ3n) is 5.90. The molecule has 150 valence electrons. The molecule has 2 aliphatic rings. The molecule has 0 bridgehead atoms. The van der Waals surface area contributed by atoms with E-state index in [1.165, 1.54) is 0 Å². The van der Waals surface area contributed by atoms with Crippen LogP contribution in [-0.4, -0.2) is 32.3 Å². The van der Waals surface area contributed by atoms with Gasteiger partial charge >= 0.3 is 0 Å². The number of rotatable bonds is 2. The van der Waals surface area contributed by atoms with E-state index in [0.29, 0.717) is 40.2 Å². The number of hydrogen-bond donors (Lipinski definition) is 2. The average molecular weight is 408 g/mol. The minimum atomic E-state index is -0.447. The highest BCUT2D eigenvalue weighted by molar-refractivity contribution is 6.49. The van der Waals surface area contributed by atoms with Crippen molar-refractivity contribution in [3.8, 4) is 6.07 Å². The molecule has 0 unspecified atom stereocenters. The van der Waals surface area contributed by atoms with Gasteiger partial charge in [0, 0.05) is 43.0 Å². The Morgan fingerprint density at radius 1 is 1.13 bits per heavy atom. The van der Waals surface area contributed by atoms with Crippen LogP contribution in [0.2, 0.25) is 0 Å². The molecule has 0 aliphatic carbocycles. The second-order valence-electron chi connectivity index (χ2n) is 7.66. The van der Waals surface area contributed by atoms with Gasteiger partial charge in [-0.05, 0) is 29.8 Å². The van der Waals surface area contributed by atoms with Gasteiger partial charge in [0.25, 0.3) is 11.8 Å². The fourth-order valence-corrected chi connectivity index (χ4v) is 4.60. The summed E-state index contributed by atoms with van der Waals surface area (Å²) in [4.78, 5) is 30.2. The van der Waals surface area contributed by atoms with Gasteiger partial charge in [0.2, 0.25) is 0 Å². The van der Waals surface area contributed by atoms with E-state index in [2.05, 4.69) is 26.3 Å². The Balaban J connectivity index is 1.70. The van der Waals surface area contributed by atoms with Gasteiger partial charge in [-0.15, -0.1) is 0 Å². The number of benzene rings is 1. The van der Waals surface area contributed by atoms with Crippen molar-refractivity contribution < 1.29 is 9.59 Å². The zero-order valence-corrected chi connectivity index (χ0v) is 16.3. The van der Waals surface area contributed by atoms with Crippen molar-refractivity contribution >= 4 is 39.5 Å². The van der Waals surface area contributed by atoms with Gasteiger partial charge in [0.1, 0.15) is 5.65 Å². The van der Waals surface area contributed by atoms with Gasteiger partial charge in [-0.2, -0.15) is 5.26 Å². The lowest BCUT2D eigenvalue weighted by molar-refractivity contribution is -0.122. The van der Waals surface area contributed by atoms with Gasteiger partial charge in [0.15, 0.2) is 0 Å². The highest BCUT2D eigenvalue weighted by atomic mass is 16.2. The maximum Gasteiger partial charge on any atom is 0.261 e. The number of imidazole rings is 1. The Bertz CT molecular complexity index is 1510. The molecule has 2 aliphatic heterocycles. The molecule has 0 radical (unpaired) electrons. The fraction of sp³-hybridized carbons (Fsp3) is 0.130. The fourth-order valence-electron chi connectivity index (χ4n) is 4.60. The van der Waals surface area contributed by atoms with Crippen LogP contribution in [0.15, 0.2) is 48.9 Å². The number of nitriles is 1. The summed E-state index contributed by atoms with van der Waals surface area (Å²) < 4.78 is 3.89. The van der Waals surface area contributed by atoms with Crippen molar-refractivity contribution in [2.45, 2.75) is 13.1 Å². The second kappa shape index (κ2) is 6.39. The highest BCUT2D eigenvalue weighted by Crippen LogP contribution is 2.38. The van der Waals surface area contributed by atoms with Gasteiger partial charge < -0.3 is 9.88 Å².